The number of epoxide rings is 1. The number of ether oxygens (including phenoxy) is 2. The van der Waals surface area contributed by atoms with Crippen LogP contribution in [0.5, 0.6) is 0 Å². The number of hydrogen-bond acceptors (Lipinski definition) is 4. The van der Waals surface area contributed by atoms with Gasteiger partial charge in [-0.3, -0.25) is 0 Å². The van der Waals surface area contributed by atoms with Crippen LogP contribution in [0.4, 0.5) is 0 Å². The van der Waals surface area contributed by atoms with E-state index in [1.807, 2.05) is 105 Å². The highest BCUT2D eigenvalue weighted by Crippen LogP contribution is 2.66. The lowest BCUT2D eigenvalue weighted by molar-refractivity contribution is 0.0959. The quantitative estimate of drug-likeness (QED) is 0.636. The molecule has 3 aromatic carbocycles. The lowest BCUT2D eigenvalue weighted by Crippen LogP contribution is -2.40. The van der Waals surface area contributed by atoms with Crippen molar-refractivity contribution in [2.75, 3.05) is 6.61 Å². The minimum absolute atomic E-state index is 0.371. The Kier molecular flexibility index (Phi) is 4.31. The van der Waals surface area contributed by atoms with E-state index in [1.165, 1.54) is 0 Å². The SMILES string of the molecule is CC1(C)COC([C@]2([C@@H](O)c3ccccc3)OC2(c2ccccc2)c2ccccc2)=N1. The molecular weight excluding hydrogens is 374 g/mol. The standard InChI is InChI=1S/C26H25NO3/c1-24(2)18-29-23(27-24)26(22(28)19-12-6-3-7-13-19)25(30-26,20-14-8-4-9-15-20)21-16-10-5-11-17-21/h3-17,22,28H,18H2,1-2H3/t22-,26-/m0/s1. The third kappa shape index (κ3) is 2.72. The molecule has 0 unspecified atom stereocenters. The zero-order valence-electron chi connectivity index (χ0n) is 17.2. The summed E-state index contributed by atoms with van der Waals surface area (Å²) in [5.74, 6) is 0.455. The summed E-state index contributed by atoms with van der Waals surface area (Å²) in [4.78, 5) is 4.86. The average molecular weight is 399 g/mol. The number of hydrogen-bond donors (Lipinski definition) is 1. The molecule has 152 valence electrons. The van der Waals surface area contributed by atoms with Gasteiger partial charge in [-0.05, 0) is 30.5 Å². The Morgan fingerprint density at radius 1 is 0.800 bits per heavy atom. The maximum Gasteiger partial charge on any atom is 0.224 e. The largest absolute Gasteiger partial charge is 0.476 e. The van der Waals surface area contributed by atoms with Gasteiger partial charge < -0.3 is 14.6 Å². The van der Waals surface area contributed by atoms with Gasteiger partial charge in [-0.2, -0.15) is 0 Å². The molecule has 0 aliphatic carbocycles. The molecule has 0 saturated carbocycles. The molecule has 0 aromatic heterocycles. The van der Waals surface area contributed by atoms with Crippen LogP contribution in [-0.2, 0) is 15.1 Å². The van der Waals surface area contributed by atoms with Crippen molar-refractivity contribution in [2.24, 2.45) is 4.99 Å². The van der Waals surface area contributed by atoms with Gasteiger partial charge in [0.2, 0.25) is 11.5 Å². The zero-order chi connectivity index (χ0) is 20.8. The van der Waals surface area contributed by atoms with Crippen molar-refractivity contribution in [1.82, 2.24) is 0 Å². The molecule has 0 spiro atoms. The fraction of sp³-hybridized carbons (Fsp3) is 0.269. The summed E-state index contributed by atoms with van der Waals surface area (Å²) in [5.41, 5.74) is 0.269. The van der Waals surface area contributed by atoms with Crippen molar-refractivity contribution in [3.63, 3.8) is 0 Å². The van der Waals surface area contributed by atoms with Gasteiger partial charge in [-0.25, -0.2) is 4.99 Å². The first-order chi connectivity index (χ1) is 14.5. The van der Waals surface area contributed by atoms with Crippen LogP contribution in [0.3, 0.4) is 0 Å². The molecule has 3 aromatic rings. The second-order valence-electron chi connectivity index (χ2n) is 8.58. The highest BCUT2D eigenvalue weighted by molar-refractivity contribution is 5.94. The molecule has 2 aliphatic heterocycles. The van der Waals surface area contributed by atoms with Crippen LogP contribution < -0.4 is 0 Å². The van der Waals surface area contributed by atoms with Crippen LogP contribution in [0, 0.1) is 0 Å². The molecule has 0 amide bonds. The van der Waals surface area contributed by atoms with E-state index in [0.29, 0.717) is 12.5 Å². The van der Waals surface area contributed by atoms with Gasteiger partial charge in [0, 0.05) is 0 Å². The lowest BCUT2D eigenvalue weighted by Gasteiger charge is -2.25. The fourth-order valence-corrected chi connectivity index (χ4v) is 4.48. The summed E-state index contributed by atoms with van der Waals surface area (Å²) < 4.78 is 12.8. The number of benzene rings is 3. The smallest absolute Gasteiger partial charge is 0.224 e. The Bertz CT molecular complexity index is 1020. The Balaban J connectivity index is 1.75. The van der Waals surface area contributed by atoms with Crippen LogP contribution in [-0.4, -0.2) is 28.8 Å². The number of aliphatic hydroxyl groups excluding tert-OH is 1. The normalized spacial score (nSPS) is 24.6. The number of nitrogens with zero attached hydrogens (tertiary/aromatic N) is 1. The van der Waals surface area contributed by atoms with Gasteiger partial charge in [-0.15, -0.1) is 0 Å². The van der Waals surface area contributed by atoms with Crippen LogP contribution >= 0.6 is 0 Å². The molecule has 2 atom stereocenters. The molecule has 0 bridgehead atoms. The third-order valence-electron chi connectivity index (χ3n) is 5.94. The first kappa shape index (κ1) is 19.0. The molecular formula is C26H25NO3. The van der Waals surface area contributed by atoms with Gasteiger partial charge in [0.05, 0.1) is 5.54 Å². The molecule has 30 heavy (non-hydrogen) atoms. The number of aliphatic hydroxyl groups is 1. The van der Waals surface area contributed by atoms with E-state index < -0.39 is 17.3 Å². The predicted octanol–water partition coefficient (Wildman–Crippen LogP) is 4.64. The second kappa shape index (κ2) is 6.79. The second-order valence-corrected chi connectivity index (χ2v) is 8.58. The molecule has 2 aliphatic rings. The van der Waals surface area contributed by atoms with Crippen molar-refractivity contribution >= 4 is 5.90 Å². The Hall–Kier alpha value is -2.95. The highest BCUT2D eigenvalue weighted by atomic mass is 16.7. The molecule has 4 nitrogen and oxygen atoms in total. The van der Waals surface area contributed by atoms with Gasteiger partial charge in [-0.1, -0.05) is 91.0 Å². The van der Waals surface area contributed by atoms with E-state index >= 15 is 0 Å². The van der Waals surface area contributed by atoms with Gasteiger partial charge in [0.25, 0.3) is 0 Å². The van der Waals surface area contributed by atoms with E-state index in [4.69, 9.17) is 14.5 Å². The van der Waals surface area contributed by atoms with Crippen molar-refractivity contribution in [2.45, 2.75) is 36.7 Å². The Morgan fingerprint density at radius 3 is 1.77 bits per heavy atom. The van der Waals surface area contributed by atoms with Crippen LogP contribution in [0.25, 0.3) is 0 Å². The monoisotopic (exact) mass is 399 g/mol. The van der Waals surface area contributed by atoms with Crippen LogP contribution in [0.2, 0.25) is 0 Å². The average Bonchev–Trinajstić information content (AvgIpc) is 3.38. The van der Waals surface area contributed by atoms with E-state index in [0.717, 1.165) is 16.7 Å². The van der Waals surface area contributed by atoms with Crippen LogP contribution in [0.1, 0.15) is 36.6 Å². The van der Waals surface area contributed by atoms with Crippen molar-refractivity contribution in [3.05, 3.63) is 108 Å². The molecule has 1 N–H and O–H groups in total. The zero-order valence-corrected chi connectivity index (χ0v) is 17.2. The van der Waals surface area contributed by atoms with Gasteiger partial charge >= 0.3 is 0 Å². The summed E-state index contributed by atoms with van der Waals surface area (Å²) in [6, 6.07) is 29.7. The molecule has 4 heteroatoms. The molecule has 2 heterocycles. The molecule has 5 rings (SSSR count). The maximum atomic E-state index is 11.7. The van der Waals surface area contributed by atoms with Crippen molar-refractivity contribution < 1.29 is 14.6 Å². The van der Waals surface area contributed by atoms with E-state index in [2.05, 4.69) is 0 Å². The summed E-state index contributed by atoms with van der Waals surface area (Å²) in [6.07, 6.45) is -0.952. The molecule has 1 fully saturated rings. The first-order valence-electron chi connectivity index (χ1n) is 10.3. The summed E-state index contributed by atoms with van der Waals surface area (Å²) in [7, 11) is 0. The van der Waals surface area contributed by atoms with Crippen LogP contribution in [0.15, 0.2) is 96.0 Å². The predicted molar refractivity (Wildman–Crippen MR) is 116 cm³/mol. The van der Waals surface area contributed by atoms with E-state index in [-0.39, 0.29) is 5.54 Å². The van der Waals surface area contributed by atoms with Gasteiger partial charge in [0.1, 0.15) is 12.7 Å². The first-order valence-corrected chi connectivity index (χ1v) is 10.3. The molecule has 0 radical (unpaired) electrons. The molecule has 1 saturated heterocycles. The minimum Gasteiger partial charge on any atom is -0.476 e. The Morgan fingerprint density at radius 2 is 1.30 bits per heavy atom. The van der Waals surface area contributed by atoms with E-state index in [1.54, 1.807) is 0 Å². The number of aliphatic imine (C=N–C) groups is 1. The number of rotatable bonds is 5. The van der Waals surface area contributed by atoms with Crippen molar-refractivity contribution in [3.8, 4) is 0 Å². The van der Waals surface area contributed by atoms with E-state index in [9.17, 15) is 5.11 Å². The summed E-state index contributed by atoms with van der Waals surface area (Å²) in [5, 5.41) is 11.7. The Labute approximate surface area is 176 Å². The topological polar surface area (TPSA) is 54.4 Å². The van der Waals surface area contributed by atoms with Crippen molar-refractivity contribution in [1.29, 1.82) is 0 Å². The fourth-order valence-electron chi connectivity index (χ4n) is 4.48. The maximum absolute atomic E-state index is 11.7. The third-order valence-corrected chi connectivity index (χ3v) is 5.94. The minimum atomic E-state index is -1.15. The summed E-state index contributed by atoms with van der Waals surface area (Å²) in [6.45, 7) is 4.50. The lowest BCUT2D eigenvalue weighted by atomic mass is 9.76. The highest BCUT2D eigenvalue weighted by Gasteiger charge is 2.80. The van der Waals surface area contributed by atoms with Gasteiger partial charge in [0.15, 0.2) is 5.60 Å². The summed E-state index contributed by atoms with van der Waals surface area (Å²) >= 11 is 0.